The summed E-state index contributed by atoms with van der Waals surface area (Å²) in [6.07, 6.45) is 2.33. The zero-order chi connectivity index (χ0) is 23.0. The van der Waals surface area contributed by atoms with E-state index in [1.54, 1.807) is 35.4 Å². The van der Waals surface area contributed by atoms with Gasteiger partial charge in [-0.1, -0.05) is 42.0 Å². The Kier molecular flexibility index (Phi) is 7.32. The number of benzene rings is 2. The number of aromatic nitrogens is 1. The molecule has 1 aromatic heterocycles. The van der Waals surface area contributed by atoms with Crippen LogP contribution in [-0.2, 0) is 11.2 Å². The van der Waals surface area contributed by atoms with E-state index < -0.39 is 0 Å². The van der Waals surface area contributed by atoms with Gasteiger partial charge in [-0.05, 0) is 49.2 Å². The van der Waals surface area contributed by atoms with Crippen LogP contribution in [0.2, 0.25) is 0 Å². The normalized spacial score (nSPS) is 14.4. The fraction of sp³-hybridized carbons (Fsp3) is 0.269. The zero-order valence-electron chi connectivity index (χ0n) is 18.7. The number of carbonyl (C=O) groups is 2. The number of aryl methyl sites for hydroxylation is 1. The highest BCUT2D eigenvalue weighted by Crippen LogP contribution is 2.18. The molecule has 7 nitrogen and oxygen atoms in total. The molecule has 1 atom stereocenters. The van der Waals surface area contributed by atoms with Crippen molar-refractivity contribution in [2.45, 2.75) is 19.4 Å². The predicted octanol–water partition coefficient (Wildman–Crippen LogP) is 3.97. The van der Waals surface area contributed by atoms with E-state index in [1.807, 2.05) is 25.1 Å². The molecule has 3 amide bonds. The minimum absolute atomic E-state index is 0.0620. The summed E-state index contributed by atoms with van der Waals surface area (Å²) in [5.74, 6) is -0.0620. The summed E-state index contributed by atoms with van der Waals surface area (Å²) in [6.45, 7) is 4.27. The maximum absolute atomic E-state index is 12.9. The molecule has 33 heavy (non-hydrogen) atoms. The van der Waals surface area contributed by atoms with E-state index in [0.717, 1.165) is 11.3 Å². The zero-order valence-corrected chi connectivity index (χ0v) is 18.7. The third-order valence-corrected chi connectivity index (χ3v) is 5.58. The van der Waals surface area contributed by atoms with Gasteiger partial charge < -0.3 is 20.3 Å². The van der Waals surface area contributed by atoms with Gasteiger partial charge in [0.1, 0.15) is 0 Å². The Morgan fingerprint density at radius 2 is 1.82 bits per heavy atom. The van der Waals surface area contributed by atoms with E-state index in [4.69, 9.17) is 4.74 Å². The third-order valence-electron chi connectivity index (χ3n) is 5.58. The van der Waals surface area contributed by atoms with Crippen LogP contribution in [0.15, 0.2) is 72.9 Å². The molecule has 1 aliphatic rings. The molecule has 170 valence electrons. The lowest BCUT2D eigenvalue weighted by Crippen LogP contribution is -2.40. The van der Waals surface area contributed by atoms with Gasteiger partial charge in [-0.3, -0.25) is 9.78 Å². The van der Waals surface area contributed by atoms with Gasteiger partial charge >= 0.3 is 6.03 Å². The van der Waals surface area contributed by atoms with E-state index >= 15 is 0 Å². The van der Waals surface area contributed by atoms with Crippen molar-refractivity contribution in [1.29, 1.82) is 0 Å². The fourth-order valence-corrected chi connectivity index (χ4v) is 3.78. The van der Waals surface area contributed by atoms with Crippen molar-refractivity contribution in [2.24, 2.45) is 0 Å². The number of urea groups is 1. The molecular formula is C26H28N4O3. The van der Waals surface area contributed by atoms with Gasteiger partial charge in [0.15, 0.2) is 0 Å². The fourth-order valence-electron chi connectivity index (χ4n) is 3.78. The molecule has 0 saturated carbocycles. The van der Waals surface area contributed by atoms with Crippen LogP contribution in [-0.4, -0.2) is 48.1 Å². The molecule has 1 fully saturated rings. The summed E-state index contributed by atoms with van der Waals surface area (Å²) in [4.78, 5) is 31.8. The lowest BCUT2D eigenvalue weighted by molar-refractivity contribution is 0.0303. The first-order valence-corrected chi connectivity index (χ1v) is 11.1. The average Bonchev–Trinajstić information content (AvgIpc) is 2.86. The van der Waals surface area contributed by atoms with Gasteiger partial charge in [0.2, 0.25) is 0 Å². The Labute approximate surface area is 193 Å². The Bertz CT molecular complexity index is 1080. The van der Waals surface area contributed by atoms with E-state index in [1.165, 1.54) is 5.56 Å². The van der Waals surface area contributed by atoms with Crippen molar-refractivity contribution in [3.05, 3.63) is 95.3 Å². The highest BCUT2D eigenvalue weighted by Gasteiger charge is 2.20. The van der Waals surface area contributed by atoms with Gasteiger partial charge in [-0.2, -0.15) is 0 Å². The van der Waals surface area contributed by atoms with Crippen molar-refractivity contribution < 1.29 is 14.3 Å². The molecule has 3 aromatic rings. The number of nitrogens with zero attached hydrogens (tertiary/aromatic N) is 2. The number of amides is 3. The molecule has 0 bridgehead atoms. The number of nitrogens with one attached hydrogen (secondary N) is 2. The Balaban J connectivity index is 1.45. The van der Waals surface area contributed by atoms with E-state index in [2.05, 4.69) is 39.9 Å². The summed E-state index contributed by atoms with van der Waals surface area (Å²) in [6, 6.07) is 20.2. The maximum atomic E-state index is 12.9. The molecular weight excluding hydrogens is 416 g/mol. The number of pyridine rings is 1. The number of morpholine rings is 1. The lowest BCUT2D eigenvalue weighted by atomic mass is 10.0. The van der Waals surface area contributed by atoms with Crippen LogP contribution in [0, 0.1) is 6.92 Å². The minimum atomic E-state index is -0.353. The smallest absolute Gasteiger partial charge is 0.319 e. The molecule has 1 saturated heterocycles. The summed E-state index contributed by atoms with van der Waals surface area (Å²) in [5, 5.41) is 5.89. The quantitative estimate of drug-likeness (QED) is 0.603. The van der Waals surface area contributed by atoms with Crippen molar-refractivity contribution in [3.8, 4) is 0 Å². The number of ether oxygens (including phenoxy) is 1. The van der Waals surface area contributed by atoms with Crippen molar-refractivity contribution in [3.63, 3.8) is 0 Å². The summed E-state index contributed by atoms with van der Waals surface area (Å²) in [7, 11) is 0. The first-order chi connectivity index (χ1) is 16.1. The van der Waals surface area contributed by atoms with Crippen molar-refractivity contribution >= 4 is 17.6 Å². The number of hydrogen-bond acceptors (Lipinski definition) is 4. The number of hydrogen-bond donors (Lipinski definition) is 2. The SMILES string of the molecule is Cc1ccc(CC(NC(=O)Nc2cccc(C(=O)N3CCOCC3)c2)c2ccccn2)cc1. The monoisotopic (exact) mass is 444 g/mol. The Morgan fingerprint density at radius 3 is 2.55 bits per heavy atom. The highest BCUT2D eigenvalue weighted by atomic mass is 16.5. The second kappa shape index (κ2) is 10.7. The largest absolute Gasteiger partial charge is 0.378 e. The van der Waals surface area contributed by atoms with Crippen LogP contribution in [0.1, 0.15) is 33.2 Å². The van der Waals surface area contributed by atoms with Gasteiger partial charge in [-0.15, -0.1) is 0 Å². The molecule has 1 aliphatic heterocycles. The molecule has 0 radical (unpaired) electrons. The van der Waals surface area contributed by atoms with Gasteiger partial charge in [-0.25, -0.2) is 4.79 Å². The second-order valence-electron chi connectivity index (χ2n) is 8.08. The molecule has 2 N–H and O–H groups in total. The topological polar surface area (TPSA) is 83.6 Å². The minimum Gasteiger partial charge on any atom is -0.378 e. The summed E-state index contributed by atoms with van der Waals surface area (Å²) in [5.41, 5.74) is 4.17. The third kappa shape index (κ3) is 6.17. The van der Waals surface area contributed by atoms with Crippen LogP contribution >= 0.6 is 0 Å². The van der Waals surface area contributed by atoms with Gasteiger partial charge in [0.05, 0.1) is 24.9 Å². The first kappa shape index (κ1) is 22.5. The van der Waals surface area contributed by atoms with E-state index in [9.17, 15) is 9.59 Å². The average molecular weight is 445 g/mol. The predicted molar refractivity (Wildman–Crippen MR) is 127 cm³/mol. The van der Waals surface area contributed by atoms with Crippen molar-refractivity contribution in [1.82, 2.24) is 15.2 Å². The molecule has 0 spiro atoms. The Hall–Kier alpha value is -3.71. The Morgan fingerprint density at radius 1 is 1.03 bits per heavy atom. The van der Waals surface area contributed by atoms with Crippen LogP contribution in [0.25, 0.3) is 0 Å². The number of carbonyl (C=O) groups excluding carboxylic acids is 2. The van der Waals surface area contributed by atoms with Crippen LogP contribution in [0.4, 0.5) is 10.5 Å². The van der Waals surface area contributed by atoms with Crippen molar-refractivity contribution in [2.75, 3.05) is 31.6 Å². The summed E-state index contributed by atoms with van der Waals surface area (Å²) >= 11 is 0. The second-order valence-corrected chi connectivity index (χ2v) is 8.08. The van der Waals surface area contributed by atoms with Crippen LogP contribution < -0.4 is 10.6 Å². The maximum Gasteiger partial charge on any atom is 0.319 e. The number of anilines is 1. The summed E-state index contributed by atoms with van der Waals surface area (Å²) < 4.78 is 5.32. The lowest BCUT2D eigenvalue weighted by Gasteiger charge is -2.27. The van der Waals surface area contributed by atoms with Crippen LogP contribution in [0.3, 0.4) is 0 Å². The highest BCUT2D eigenvalue weighted by molar-refractivity contribution is 5.97. The molecule has 2 heterocycles. The van der Waals surface area contributed by atoms with Gasteiger partial charge in [0.25, 0.3) is 5.91 Å². The van der Waals surface area contributed by atoms with Gasteiger partial charge in [0, 0.05) is 30.5 Å². The standard InChI is InChI=1S/C26H28N4O3/c1-19-8-10-20(11-9-19)17-24(23-7-2-3-12-27-23)29-26(32)28-22-6-4-5-21(18-22)25(31)30-13-15-33-16-14-30/h2-12,18,24H,13-17H2,1H3,(H2,28,29,32). The number of rotatable bonds is 6. The van der Waals surface area contributed by atoms with E-state index in [-0.39, 0.29) is 18.0 Å². The van der Waals surface area contributed by atoms with Crippen LogP contribution in [0.5, 0.6) is 0 Å². The molecule has 4 rings (SSSR count). The molecule has 7 heteroatoms. The molecule has 0 aliphatic carbocycles. The molecule has 2 aromatic carbocycles. The first-order valence-electron chi connectivity index (χ1n) is 11.1. The molecule has 1 unspecified atom stereocenters. The van der Waals surface area contributed by atoms with E-state index in [0.29, 0.717) is 44.0 Å².